The first-order valence-electron chi connectivity index (χ1n) is 9.54. The van der Waals surface area contributed by atoms with Crippen molar-refractivity contribution in [3.05, 3.63) is 87.7 Å². The lowest BCUT2D eigenvalue weighted by molar-refractivity contribution is 0.505. The summed E-state index contributed by atoms with van der Waals surface area (Å²) in [4.78, 5) is 26.4. The molecule has 7 rings (SSSR count). The van der Waals surface area contributed by atoms with E-state index in [4.69, 9.17) is 0 Å². The van der Waals surface area contributed by atoms with Gasteiger partial charge in [-0.1, -0.05) is 60.7 Å². The quantitative estimate of drug-likeness (QED) is 0.335. The molecule has 4 aromatic carbocycles. The summed E-state index contributed by atoms with van der Waals surface area (Å²) in [5.41, 5.74) is 0.156. The predicted molar refractivity (Wildman–Crippen MR) is 110 cm³/mol. The predicted octanol–water partition coefficient (Wildman–Crippen LogP) is 3.75. The molecule has 1 aromatic heterocycles. The molecule has 0 radical (unpaired) electrons. The summed E-state index contributed by atoms with van der Waals surface area (Å²) in [7, 11) is 0. The zero-order valence-electron chi connectivity index (χ0n) is 14.9. The molecule has 5 nitrogen and oxygen atoms in total. The molecule has 0 spiro atoms. The molecule has 2 aliphatic rings. The Bertz CT molecular complexity index is 1540. The standard InChI is InChI=1S/C23H15N3O2/c27-22-24(23(28)26-17-9-8-16(12-17)25(22)26)19-11-7-15-5-4-13-2-1-3-14-6-10-18(19)21(15)20(13)14/h1-11,16-17H,12H2/t16-,17+. The van der Waals surface area contributed by atoms with Gasteiger partial charge in [0.25, 0.3) is 0 Å². The third kappa shape index (κ3) is 1.51. The second kappa shape index (κ2) is 4.62. The van der Waals surface area contributed by atoms with Gasteiger partial charge in [0, 0.05) is 5.39 Å². The van der Waals surface area contributed by atoms with Crippen LogP contribution < -0.4 is 11.4 Å². The van der Waals surface area contributed by atoms with Crippen molar-refractivity contribution in [2.45, 2.75) is 18.5 Å². The van der Waals surface area contributed by atoms with Crippen LogP contribution in [-0.2, 0) is 0 Å². The van der Waals surface area contributed by atoms with Crippen LogP contribution in [0.3, 0.4) is 0 Å². The first kappa shape index (κ1) is 14.5. The highest BCUT2D eigenvalue weighted by Crippen LogP contribution is 2.38. The first-order valence-corrected chi connectivity index (χ1v) is 9.54. The Hall–Kier alpha value is -3.60. The number of rotatable bonds is 1. The van der Waals surface area contributed by atoms with Crippen LogP contribution in [0.1, 0.15) is 18.5 Å². The molecular weight excluding hydrogens is 350 g/mol. The molecule has 0 saturated heterocycles. The largest absolute Gasteiger partial charge is 0.352 e. The van der Waals surface area contributed by atoms with Crippen molar-refractivity contribution in [3.63, 3.8) is 0 Å². The fraction of sp³-hybridized carbons (Fsp3) is 0.130. The Balaban J connectivity index is 1.65. The highest BCUT2D eigenvalue weighted by atomic mass is 16.2. The van der Waals surface area contributed by atoms with E-state index in [0.717, 1.165) is 22.6 Å². The fourth-order valence-corrected chi connectivity index (χ4v) is 5.22. The number of fused-ring (bicyclic) bond motifs is 5. The number of hydrogen-bond acceptors (Lipinski definition) is 2. The van der Waals surface area contributed by atoms with E-state index < -0.39 is 0 Å². The topological polar surface area (TPSA) is 48.9 Å². The van der Waals surface area contributed by atoms with Crippen molar-refractivity contribution in [2.24, 2.45) is 0 Å². The lowest BCUT2D eigenvalue weighted by atomic mass is 9.93. The summed E-state index contributed by atoms with van der Waals surface area (Å²) < 4.78 is 4.58. The molecule has 0 saturated carbocycles. The maximum Gasteiger partial charge on any atom is 0.352 e. The minimum Gasteiger partial charge on any atom is -0.245 e. The molecule has 5 aromatic rings. The number of nitrogens with zero attached hydrogens (tertiary/aromatic N) is 3. The van der Waals surface area contributed by atoms with E-state index in [2.05, 4.69) is 36.4 Å². The third-order valence-electron chi connectivity index (χ3n) is 6.42. The molecule has 2 bridgehead atoms. The molecule has 0 fully saturated rings. The van der Waals surface area contributed by atoms with Crippen LogP contribution in [0, 0.1) is 0 Å². The summed E-state index contributed by atoms with van der Waals surface area (Å²) in [6.45, 7) is 0. The van der Waals surface area contributed by atoms with Gasteiger partial charge in [-0.3, -0.25) is 0 Å². The van der Waals surface area contributed by atoms with Crippen molar-refractivity contribution in [3.8, 4) is 5.69 Å². The molecule has 0 unspecified atom stereocenters. The van der Waals surface area contributed by atoms with Gasteiger partial charge in [-0.2, -0.15) is 0 Å². The van der Waals surface area contributed by atoms with Crippen LogP contribution in [0.5, 0.6) is 0 Å². The molecule has 0 amide bonds. The van der Waals surface area contributed by atoms with Gasteiger partial charge in [0.2, 0.25) is 0 Å². The van der Waals surface area contributed by atoms with Crippen LogP contribution in [0.15, 0.2) is 76.3 Å². The summed E-state index contributed by atoms with van der Waals surface area (Å²) in [6.07, 6.45) is 4.86. The van der Waals surface area contributed by atoms with E-state index in [0.29, 0.717) is 5.69 Å². The van der Waals surface area contributed by atoms with Crippen molar-refractivity contribution in [2.75, 3.05) is 0 Å². The highest BCUT2D eigenvalue weighted by molar-refractivity contribution is 6.24. The number of allylic oxidation sites excluding steroid dienone is 2. The SMILES string of the molecule is O=c1n(-c2ccc3ccc4cccc5ccc2c3c45)c(=O)n2n1[C@@H]1C=C[C@H]2C1. The van der Waals surface area contributed by atoms with E-state index in [-0.39, 0.29) is 23.5 Å². The second-order valence-electron chi connectivity index (χ2n) is 7.79. The van der Waals surface area contributed by atoms with Crippen LogP contribution in [-0.4, -0.2) is 13.9 Å². The van der Waals surface area contributed by atoms with Gasteiger partial charge >= 0.3 is 11.4 Å². The zero-order chi connectivity index (χ0) is 18.6. The van der Waals surface area contributed by atoms with Gasteiger partial charge in [0.15, 0.2) is 0 Å². The van der Waals surface area contributed by atoms with Crippen molar-refractivity contribution in [1.82, 2.24) is 13.9 Å². The number of aromatic nitrogens is 3. The second-order valence-corrected chi connectivity index (χ2v) is 7.79. The Morgan fingerprint density at radius 2 is 1.25 bits per heavy atom. The van der Waals surface area contributed by atoms with E-state index in [1.807, 2.05) is 30.4 Å². The average Bonchev–Trinajstić information content (AvgIpc) is 3.40. The maximum absolute atomic E-state index is 13.2. The molecule has 1 aliphatic heterocycles. The van der Waals surface area contributed by atoms with Crippen molar-refractivity contribution in [1.29, 1.82) is 0 Å². The van der Waals surface area contributed by atoms with Crippen LogP contribution in [0.2, 0.25) is 0 Å². The average molecular weight is 365 g/mol. The first-order chi connectivity index (χ1) is 13.7. The summed E-state index contributed by atoms with van der Waals surface area (Å²) in [5.74, 6) is 0. The van der Waals surface area contributed by atoms with Crippen LogP contribution in [0.25, 0.3) is 38.0 Å². The molecule has 2 heterocycles. The van der Waals surface area contributed by atoms with E-state index in [9.17, 15) is 9.59 Å². The number of benzene rings is 4. The van der Waals surface area contributed by atoms with E-state index in [1.165, 1.54) is 20.7 Å². The molecule has 0 N–H and O–H groups in total. The van der Waals surface area contributed by atoms with Gasteiger partial charge < -0.3 is 0 Å². The molecule has 134 valence electrons. The molecule has 5 heteroatoms. The molecular formula is C23H15N3O2. The Morgan fingerprint density at radius 1 is 0.679 bits per heavy atom. The lowest BCUT2D eigenvalue weighted by Gasteiger charge is -2.13. The minimum absolute atomic E-state index is 0.00811. The highest BCUT2D eigenvalue weighted by Gasteiger charge is 2.37. The van der Waals surface area contributed by atoms with Crippen LogP contribution >= 0.6 is 0 Å². The van der Waals surface area contributed by atoms with Crippen molar-refractivity contribution < 1.29 is 0 Å². The summed E-state index contributed by atoms with van der Waals surface area (Å²) >= 11 is 0. The Morgan fingerprint density at radius 3 is 1.93 bits per heavy atom. The molecule has 1 aliphatic carbocycles. The van der Waals surface area contributed by atoms with Crippen molar-refractivity contribution >= 4 is 32.3 Å². The minimum atomic E-state index is -0.253. The smallest absolute Gasteiger partial charge is 0.245 e. The zero-order valence-corrected chi connectivity index (χ0v) is 14.9. The Labute approximate surface area is 158 Å². The molecule has 2 atom stereocenters. The van der Waals surface area contributed by atoms with Gasteiger partial charge in [-0.05, 0) is 39.4 Å². The molecule has 28 heavy (non-hydrogen) atoms. The van der Waals surface area contributed by atoms with Gasteiger partial charge in [0.1, 0.15) is 0 Å². The normalized spacial score (nSPS) is 20.1. The van der Waals surface area contributed by atoms with E-state index in [1.54, 1.807) is 9.36 Å². The van der Waals surface area contributed by atoms with Gasteiger partial charge in [0.05, 0.1) is 17.8 Å². The number of hydrogen-bond donors (Lipinski definition) is 0. The summed E-state index contributed by atoms with van der Waals surface area (Å²) in [5, 5.41) is 6.67. The van der Waals surface area contributed by atoms with E-state index >= 15 is 0 Å². The summed E-state index contributed by atoms with van der Waals surface area (Å²) in [6, 6.07) is 18.5. The van der Waals surface area contributed by atoms with Crippen LogP contribution in [0.4, 0.5) is 0 Å². The maximum atomic E-state index is 13.2. The fourth-order valence-electron chi connectivity index (χ4n) is 5.22. The third-order valence-corrected chi connectivity index (χ3v) is 6.42. The monoisotopic (exact) mass is 365 g/mol. The lowest BCUT2D eigenvalue weighted by Crippen LogP contribution is -2.29. The van der Waals surface area contributed by atoms with Gasteiger partial charge in [-0.15, -0.1) is 0 Å². The Kier molecular flexibility index (Phi) is 2.39. The van der Waals surface area contributed by atoms with Gasteiger partial charge in [-0.25, -0.2) is 23.5 Å².